The largest absolute Gasteiger partial charge is 0.481 e. The van der Waals surface area contributed by atoms with Crippen LogP contribution in [0.25, 0.3) is 0 Å². The zero-order chi connectivity index (χ0) is 12.0. The Labute approximate surface area is 93.7 Å². The highest BCUT2D eigenvalue weighted by atomic mass is 16.4. The summed E-state index contributed by atoms with van der Waals surface area (Å²) in [4.78, 5) is 10.5. The van der Waals surface area contributed by atoms with Gasteiger partial charge in [0.2, 0.25) is 0 Å². The van der Waals surface area contributed by atoms with Crippen LogP contribution in [0, 0.1) is 11.8 Å². The quantitative estimate of drug-likeness (QED) is 0.646. The molecule has 1 aromatic carbocycles. The monoisotopic (exact) mass is 219 g/mol. The highest BCUT2D eigenvalue weighted by Crippen LogP contribution is 2.14. The van der Waals surface area contributed by atoms with Crippen LogP contribution in [0.1, 0.15) is 23.6 Å². The molecule has 4 nitrogen and oxygen atoms in total. The number of hydrogen-bond donors (Lipinski definition) is 3. The van der Waals surface area contributed by atoms with Gasteiger partial charge in [-0.1, -0.05) is 24.0 Å². The van der Waals surface area contributed by atoms with Gasteiger partial charge in [0.05, 0.1) is 6.42 Å². The number of aliphatic hydroxyl groups excluding tert-OH is 1. The Kier molecular flexibility index (Phi) is 4.52. The van der Waals surface area contributed by atoms with Gasteiger partial charge in [-0.05, 0) is 17.7 Å². The van der Waals surface area contributed by atoms with Crippen LogP contribution >= 0.6 is 0 Å². The smallest absolute Gasteiger partial charge is 0.305 e. The fraction of sp³-hybridized carbons (Fsp3) is 0.250. The van der Waals surface area contributed by atoms with E-state index in [2.05, 4.69) is 11.8 Å². The van der Waals surface area contributed by atoms with Crippen molar-refractivity contribution in [2.75, 3.05) is 6.61 Å². The summed E-state index contributed by atoms with van der Waals surface area (Å²) in [6.07, 6.45) is -0.0956. The molecular formula is C12H13NO3. The average Bonchev–Trinajstić information content (AvgIpc) is 2.26. The summed E-state index contributed by atoms with van der Waals surface area (Å²) in [5.74, 6) is 4.35. The van der Waals surface area contributed by atoms with Crippen molar-refractivity contribution < 1.29 is 15.0 Å². The van der Waals surface area contributed by atoms with Crippen molar-refractivity contribution in [3.05, 3.63) is 35.4 Å². The molecule has 0 aliphatic carbocycles. The third-order valence-corrected chi connectivity index (χ3v) is 2.05. The SMILES string of the molecule is NC(CC(=O)O)c1ccc(C#CCO)cc1. The third kappa shape index (κ3) is 3.73. The van der Waals surface area contributed by atoms with E-state index in [4.69, 9.17) is 15.9 Å². The van der Waals surface area contributed by atoms with E-state index >= 15 is 0 Å². The van der Waals surface area contributed by atoms with E-state index in [1.54, 1.807) is 24.3 Å². The Hall–Kier alpha value is -1.83. The second-order valence-electron chi connectivity index (χ2n) is 3.29. The van der Waals surface area contributed by atoms with Crippen LogP contribution in [0.5, 0.6) is 0 Å². The third-order valence-electron chi connectivity index (χ3n) is 2.05. The second kappa shape index (κ2) is 5.91. The molecule has 0 aliphatic heterocycles. The van der Waals surface area contributed by atoms with Gasteiger partial charge in [0.25, 0.3) is 0 Å². The van der Waals surface area contributed by atoms with Crippen molar-refractivity contribution in [2.45, 2.75) is 12.5 Å². The number of benzene rings is 1. The Morgan fingerprint density at radius 1 is 1.38 bits per heavy atom. The molecule has 0 aromatic heterocycles. The lowest BCUT2D eigenvalue weighted by Gasteiger charge is -2.08. The predicted molar refractivity (Wildman–Crippen MR) is 59.6 cm³/mol. The maximum atomic E-state index is 10.5. The van der Waals surface area contributed by atoms with Crippen molar-refractivity contribution in [2.24, 2.45) is 5.73 Å². The molecule has 84 valence electrons. The van der Waals surface area contributed by atoms with Gasteiger partial charge >= 0.3 is 5.97 Å². The first kappa shape index (κ1) is 12.2. The zero-order valence-electron chi connectivity index (χ0n) is 8.68. The standard InChI is InChI=1S/C12H13NO3/c13-11(8-12(15)16)10-5-3-9(4-6-10)2-1-7-14/h3-6,11,14H,7-8,13H2,(H,15,16). The van der Waals surface area contributed by atoms with Gasteiger partial charge in [0.15, 0.2) is 0 Å². The van der Waals surface area contributed by atoms with E-state index in [0.29, 0.717) is 0 Å². The molecule has 0 heterocycles. The highest BCUT2D eigenvalue weighted by Gasteiger charge is 2.09. The zero-order valence-corrected chi connectivity index (χ0v) is 8.68. The van der Waals surface area contributed by atoms with E-state index in [1.807, 2.05) is 0 Å². The number of aliphatic hydroxyl groups is 1. The summed E-state index contributed by atoms with van der Waals surface area (Å²) in [6, 6.07) is 6.49. The number of carboxylic acid groups (broad SMARTS) is 1. The molecule has 4 N–H and O–H groups in total. The van der Waals surface area contributed by atoms with Crippen LogP contribution in [-0.2, 0) is 4.79 Å². The normalized spacial score (nSPS) is 11.4. The lowest BCUT2D eigenvalue weighted by atomic mass is 10.0. The van der Waals surface area contributed by atoms with Gasteiger partial charge in [-0.25, -0.2) is 0 Å². The lowest BCUT2D eigenvalue weighted by Crippen LogP contribution is -2.14. The highest BCUT2D eigenvalue weighted by molar-refractivity contribution is 5.67. The number of aliphatic carboxylic acids is 1. The summed E-state index contributed by atoms with van der Waals surface area (Å²) >= 11 is 0. The molecule has 1 rings (SSSR count). The van der Waals surface area contributed by atoms with Gasteiger partial charge < -0.3 is 15.9 Å². The van der Waals surface area contributed by atoms with Crippen LogP contribution in [0.2, 0.25) is 0 Å². The van der Waals surface area contributed by atoms with Gasteiger partial charge in [0, 0.05) is 11.6 Å². The van der Waals surface area contributed by atoms with Crippen molar-refractivity contribution in [1.82, 2.24) is 0 Å². The number of nitrogens with two attached hydrogens (primary N) is 1. The molecule has 0 radical (unpaired) electrons. The molecule has 4 heteroatoms. The molecular weight excluding hydrogens is 206 g/mol. The van der Waals surface area contributed by atoms with E-state index in [9.17, 15) is 4.79 Å². The molecule has 0 fully saturated rings. The van der Waals surface area contributed by atoms with Crippen molar-refractivity contribution in [3.8, 4) is 11.8 Å². The number of carboxylic acids is 1. The van der Waals surface area contributed by atoms with Gasteiger partial charge in [-0.3, -0.25) is 4.79 Å². The molecule has 0 saturated heterocycles. The van der Waals surface area contributed by atoms with Crippen LogP contribution < -0.4 is 5.73 Å². The minimum absolute atomic E-state index is 0.0956. The first-order chi connectivity index (χ1) is 7.63. The second-order valence-corrected chi connectivity index (χ2v) is 3.29. The Bertz CT molecular complexity index is 414. The Morgan fingerprint density at radius 3 is 2.50 bits per heavy atom. The van der Waals surface area contributed by atoms with E-state index in [1.165, 1.54) is 0 Å². The van der Waals surface area contributed by atoms with Crippen molar-refractivity contribution in [3.63, 3.8) is 0 Å². The lowest BCUT2D eigenvalue weighted by molar-refractivity contribution is -0.137. The molecule has 1 unspecified atom stereocenters. The van der Waals surface area contributed by atoms with Crippen molar-refractivity contribution >= 4 is 5.97 Å². The molecule has 1 atom stereocenters. The summed E-state index contributed by atoms with van der Waals surface area (Å²) in [7, 11) is 0. The average molecular weight is 219 g/mol. The summed E-state index contributed by atoms with van der Waals surface area (Å²) in [6.45, 7) is -0.180. The van der Waals surface area contributed by atoms with Crippen LogP contribution in [-0.4, -0.2) is 22.8 Å². The van der Waals surface area contributed by atoms with Crippen LogP contribution in [0.4, 0.5) is 0 Å². The number of rotatable bonds is 3. The van der Waals surface area contributed by atoms with Crippen molar-refractivity contribution in [1.29, 1.82) is 0 Å². The van der Waals surface area contributed by atoms with E-state index in [-0.39, 0.29) is 13.0 Å². The number of carbonyl (C=O) groups is 1. The molecule has 0 saturated carbocycles. The molecule has 1 aromatic rings. The maximum Gasteiger partial charge on any atom is 0.305 e. The molecule has 0 aliphatic rings. The van der Waals surface area contributed by atoms with E-state index < -0.39 is 12.0 Å². The molecule has 0 spiro atoms. The summed E-state index contributed by atoms with van der Waals surface area (Å²) < 4.78 is 0. The predicted octanol–water partition coefficient (Wildman–Crippen LogP) is 0.505. The minimum atomic E-state index is -0.920. The van der Waals surface area contributed by atoms with Gasteiger partial charge in [-0.15, -0.1) is 0 Å². The maximum absolute atomic E-state index is 10.5. The first-order valence-electron chi connectivity index (χ1n) is 4.80. The first-order valence-corrected chi connectivity index (χ1v) is 4.80. The minimum Gasteiger partial charge on any atom is -0.481 e. The van der Waals surface area contributed by atoms with Gasteiger partial charge in [-0.2, -0.15) is 0 Å². The molecule has 0 amide bonds. The molecule has 16 heavy (non-hydrogen) atoms. The summed E-state index contributed by atoms with van der Waals surface area (Å²) in [5, 5.41) is 17.1. The van der Waals surface area contributed by atoms with E-state index in [0.717, 1.165) is 11.1 Å². The topological polar surface area (TPSA) is 83.6 Å². The van der Waals surface area contributed by atoms with Crippen LogP contribution in [0.15, 0.2) is 24.3 Å². The van der Waals surface area contributed by atoms with Gasteiger partial charge in [0.1, 0.15) is 6.61 Å². The Morgan fingerprint density at radius 2 is 2.00 bits per heavy atom. The number of hydrogen-bond acceptors (Lipinski definition) is 3. The fourth-order valence-electron chi connectivity index (χ4n) is 1.26. The van der Waals surface area contributed by atoms with Crippen LogP contribution in [0.3, 0.4) is 0 Å². The Balaban J connectivity index is 2.74. The summed E-state index contributed by atoms with van der Waals surface area (Å²) in [5.41, 5.74) is 7.21. The fourth-order valence-corrected chi connectivity index (χ4v) is 1.26. The molecule has 0 bridgehead atoms.